The van der Waals surface area contributed by atoms with Gasteiger partial charge in [-0.05, 0) is 30.0 Å². The van der Waals surface area contributed by atoms with E-state index in [1.54, 1.807) is 6.07 Å². The topological polar surface area (TPSA) is 46.2 Å². The Balaban J connectivity index is 2.88. The Hall–Kier alpha value is -1.02. The van der Waals surface area contributed by atoms with E-state index in [0.29, 0.717) is 12.3 Å². The highest BCUT2D eigenvalue weighted by Crippen LogP contribution is 2.34. The van der Waals surface area contributed by atoms with Crippen LogP contribution in [-0.2, 0) is 0 Å². The summed E-state index contributed by atoms with van der Waals surface area (Å²) in [5.41, 5.74) is 6.97. The molecule has 0 radical (unpaired) electrons. The summed E-state index contributed by atoms with van der Waals surface area (Å²) < 4.78 is 0. The van der Waals surface area contributed by atoms with Crippen molar-refractivity contribution in [2.24, 2.45) is 11.1 Å². The predicted octanol–water partition coefficient (Wildman–Crippen LogP) is 2.87. The molecule has 0 aromatic heterocycles. The molecule has 1 atom stereocenters. The van der Waals surface area contributed by atoms with Crippen molar-refractivity contribution in [1.29, 1.82) is 0 Å². The zero-order chi connectivity index (χ0) is 11.5. The lowest BCUT2D eigenvalue weighted by molar-refractivity contribution is 0.336. The van der Waals surface area contributed by atoms with Crippen molar-refractivity contribution in [3.63, 3.8) is 0 Å². The molecule has 2 nitrogen and oxygen atoms in total. The minimum atomic E-state index is 0.228. The van der Waals surface area contributed by atoms with E-state index in [2.05, 4.69) is 20.8 Å². The zero-order valence-electron chi connectivity index (χ0n) is 9.83. The van der Waals surface area contributed by atoms with E-state index in [1.165, 1.54) is 0 Å². The van der Waals surface area contributed by atoms with Crippen LogP contribution in [0.25, 0.3) is 0 Å². The molecule has 1 aromatic rings. The van der Waals surface area contributed by atoms with E-state index in [4.69, 9.17) is 5.73 Å². The van der Waals surface area contributed by atoms with Gasteiger partial charge in [0.2, 0.25) is 0 Å². The highest BCUT2D eigenvalue weighted by molar-refractivity contribution is 5.35. The molecule has 0 amide bonds. The lowest BCUT2D eigenvalue weighted by Crippen LogP contribution is -2.19. The number of para-hydroxylation sites is 1. The van der Waals surface area contributed by atoms with Crippen LogP contribution in [0.3, 0.4) is 0 Å². The maximum absolute atomic E-state index is 9.75. The number of phenolic OH excluding ortho intramolecular Hbond substituents is 1. The van der Waals surface area contributed by atoms with Crippen LogP contribution >= 0.6 is 0 Å². The van der Waals surface area contributed by atoms with E-state index in [-0.39, 0.29) is 11.3 Å². The van der Waals surface area contributed by atoms with E-state index in [1.807, 2.05) is 18.2 Å². The van der Waals surface area contributed by atoms with Crippen LogP contribution < -0.4 is 5.73 Å². The van der Waals surface area contributed by atoms with Crippen LogP contribution in [0.1, 0.15) is 38.7 Å². The minimum Gasteiger partial charge on any atom is -0.508 e. The number of hydrogen-bond donors (Lipinski definition) is 2. The van der Waals surface area contributed by atoms with Crippen LogP contribution in [0.15, 0.2) is 24.3 Å². The molecule has 84 valence electrons. The van der Waals surface area contributed by atoms with E-state index < -0.39 is 0 Å². The third kappa shape index (κ3) is 3.56. The minimum absolute atomic E-state index is 0.228. The highest BCUT2D eigenvalue weighted by atomic mass is 16.3. The third-order valence-electron chi connectivity index (χ3n) is 2.52. The molecule has 0 spiro atoms. The SMILES string of the molecule is CC(C)(C)CC(CN)c1ccccc1O. The molecular formula is C13H21NO. The first-order chi connectivity index (χ1) is 6.94. The van der Waals surface area contributed by atoms with Crippen molar-refractivity contribution in [3.05, 3.63) is 29.8 Å². The first kappa shape index (κ1) is 12.1. The van der Waals surface area contributed by atoms with Crippen LogP contribution in [-0.4, -0.2) is 11.7 Å². The van der Waals surface area contributed by atoms with Crippen molar-refractivity contribution < 1.29 is 5.11 Å². The van der Waals surface area contributed by atoms with Gasteiger partial charge in [-0.15, -0.1) is 0 Å². The average Bonchev–Trinajstić information content (AvgIpc) is 2.14. The number of aromatic hydroxyl groups is 1. The lowest BCUT2D eigenvalue weighted by Gasteiger charge is -2.25. The first-order valence-corrected chi connectivity index (χ1v) is 5.42. The van der Waals surface area contributed by atoms with Gasteiger partial charge in [0.15, 0.2) is 0 Å². The number of hydrogen-bond acceptors (Lipinski definition) is 2. The molecule has 1 aromatic carbocycles. The average molecular weight is 207 g/mol. The second-order valence-electron chi connectivity index (χ2n) is 5.26. The molecule has 1 unspecified atom stereocenters. The summed E-state index contributed by atoms with van der Waals surface area (Å²) in [6.45, 7) is 7.15. The maximum atomic E-state index is 9.75. The summed E-state index contributed by atoms with van der Waals surface area (Å²) in [6, 6.07) is 7.46. The summed E-state index contributed by atoms with van der Waals surface area (Å²) in [7, 11) is 0. The summed E-state index contributed by atoms with van der Waals surface area (Å²) in [4.78, 5) is 0. The van der Waals surface area contributed by atoms with Crippen molar-refractivity contribution in [2.75, 3.05) is 6.54 Å². The second kappa shape index (κ2) is 4.67. The van der Waals surface area contributed by atoms with Crippen LogP contribution in [0.2, 0.25) is 0 Å². The van der Waals surface area contributed by atoms with Crippen molar-refractivity contribution in [1.82, 2.24) is 0 Å². The van der Waals surface area contributed by atoms with E-state index >= 15 is 0 Å². The molecule has 15 heavy (non-hydrogen) atoms. The molecule has 3 N–H and O–H groups in total. The fraction of sp³-hybridized carbons (Fsp3) is 0.538. The number of nitrogens with two attached hydrogens (primary N) is 1. The van der Waals surface area contributed by atoms with Gasteiger partial charge in [0.25, 0.3) is 0 Å². The third-order valence-corrected chi connectivity index (χ3v) is 2.52. The van der Waals surface area contributed by atoms with Gasteiger partial charge in [0.1, 0.15) is 5.75 Å². The largest absolute Gasteiger partial charge is 0.508 e. The van der Waals surface area contributed by atoms with Crippen LogP contribution in [0.5, 0.6) is 5.75 Å². The summed E-state index contributed by atoms with van der Waals surface area (Å²) >= 11 is 0. The molecule has 1 rings (SSSR count). The van der Waals surface area contributed by atoms with Gasteiger partial charge < -0.3 is 10.8 Å². The van der Waals surface area contributed by atoms with Gasteiger partial charge in [0.05, 0.1) is 0 Å². The predicted molar refractivity (Wildman–Crippen MR) is 64.0 cm³/mol. The standard InChI is InChI=1S/C13H21NO/c1-13(2,3)8-10(9-14)11-6-4-5-7-12(11)15/h4-7,10,15H,8-9,14H2,1-3H3. The first-order valence-electron chi connectivity index (χ1n) is 5.42. The molecule has 0 saturated carbocycles. The van der Waals surface area contributed by atoms with Gasteiger partial charge in [0, 0.05) is 5.92 Å². The van der Waals surface area contributed by atoms with Gasteiger partial charge in [-0.25, -0.2) is 0 Å². The van der Waals surface area contributed by atoms with Gasteiger partial charge in [-0.3, -0.25) is 0 Å². The smallest absolute Gasteiger partial charge is 0.119 e. The molecular weight excluding hydrogens is 186 g/mol. The number of phenols is 1. The summed E-state index contributed by atoms with van der Waals surface area (Å²) in [6.07, 6.45) is 0.987. The second-order valence-corrected chi connectivity index (χ2v) is 5.26. The zero-order valence-corrected chi connectivity index (χ0v) is 9.83. The highest BCUT2D eigenvalue weighted by Gasteiger charge is 2.20. The monoisotopic (exact) mass is 207 g/mol. The number of rotatable bonds is 3. The van der Waals surface area contributed by atoms with E-state index in [0.717, 1.165) is 12.0 Å². The lowest BCUT2D eigenvalue weighted by atomic mass is 9.81. The van der Waals surface area contributed by atoms with Gasteiger partial charge >= 0.3 is 0 Å². The van der Waals surface area contributed by atoms with Gasteiger partial charge in [-0.1, -0.05) is 39.0 Å². The van der Waals surface area contributed by atoms with E-state index in [9.17, 15) is 5.11 Å². The Morgan fingerprint density at radius 3 is 2.33 bits per heavy atom. The van der Waals surface area contributed by atoms with Crippen molar-refractivity contribution >= 4 is 0 Å². The fourth-order valence-corrected chi connectivity index (χ4v) is 1.89. The maximum Gasteiger partial charge on any atom is 0.119 e. The molecule has 0 aliphatic heterocycles. The normalized spacial score (nSPS) is 13.9. The Kier molecular flexibility index (Phi) is 3.75. The Morgan fingerprint density at radius 1 is 1.27 bits per heavy atom. The summed E-state index contributed by atoms with van der Waals surface area (Å²) in [5, 5.41) is 9.75. The molecule has 0 aliphatic rings. The fourth-order valence-electron chi connectivity index (χ4n) is 1.89. The summed E-state index contributed by atoms with van der Waals surface area (Å²) in [5.74, 6) is 0.600. The van der Waals surface area contributed by atoms with Crippen LogP contribution in [0.4, 0.5) is 0 Å². The van der Waals surface area contributed by atoms with Crippen molar-refractivity contribution in [2.45, 2.75) is 33.1 Å². The Morgan fingerprint density at radius 2 is 1.87 bits per heavy atom. The molecule has 0 aliphatic carbocycles. The van der Waals surface area contributed by atoms with Crippen LogP contribution in [0, 0.1) is 5.41 Å². The molecule has 0 fully saturated rings. The van der Waals surface area contributed by atoms with Crippen molar-refractivity contribution in [3.8, 4) is 5.75 Å². The quantitative estimate of drug-likeness (QED) is 0.800. The van der Waals surface area contributed by atoms with Gasteiger partial charge in [-0.2, -0.15) is 0 Å². The number of benzene rings is 1. The Bertz CT molecular complexity index is 315. The Labute approximate surface area is 92.1 Å². The molecule has 0 bridgehead atoms. The molecule has 0 heterocycles. The molecule has 2 heteroatoms. The molecule has 0 saturated heterocycles.